The molecule has 4 fully saturated rings. The molecule has 2 unspecified atom stereocenters. The Bertz CT molecular complexity index is 1090. The zero-order valence-corrected chi connectivity index (χ0v) is 22.4. The van der Waals surface area contributed by atoms with Gasteiger partial charge in [-0.25, -0.2) is 4.79 Å². The summed E-state index contributed by atoms with van der Waals surface area (Å²) >= 11 is 8.24. The molecule has 2 aromatic rings. The van der Waals surface area contributed by atoms with Crippen molar-refractivity contribution in [3.8, 4) is 0 Å². The summed E-state index contributed by atoms with van der Waals surface area (Å²) in [4.78, 5) is 19.8. The van der Waals surface area contributed by atoms with E-state index in [1.165, 1.54) is 34.3 Å². The Kier molecular flexibility index (Phi) is 6.83. The topological polar surface area (TPSA) is 65.9 Å². The van der Waals surface area contributed by atoms with Gasteiger partial charge in [0.25, 0.3) is 0 Å². The summed E-state index contributed by atoms with van der Waals surface area (Å²) in [5.41, 5.74) is 2.76. The molecule has 0 saturated carbocycles. The first-order chi connectivity index (χ1) is 17.5. The first kappa shape index (κ1) is 24.4. The van der Waals surface area contributed by atoms with Crippen molar-refractivity contribution in [3.63, 3.8) is 0 Å². The smallest absolute Gasteiger partial charge is 0.344 e. The maximum Gasteiger partial charge on any atom is 0.344 e. The quantitative estimate of drug-likeness (QED) is 0.579. The van der Waals surface area contributed by atoms with Crippen molar-refractivity contribution >= 4 is 41.1 Å². The Morgan fingerprint density at radius 2 is 1.92 bits per heavy atom. The second-order valence-electron chi connectivity index (χ2n) is 10.9. The predicted molar refractivity (Wildman–Crippen MR) is 145 cm³/mol. The van der Waals surface area contributed by atoms with Gasteiger partial charge in [0.2, 0.25) is 0 Å². The molecule has 194 valence electrons. The van der Waals surface area contributed by atoms with E-state index in [1.54, 1.807) is 6.20 Å². The van der Waals surface area contributed by atoms with E-state index < -0.39 is 0 Å². The molecule has 4 aliphatic heterocycles. The van der Waals surface area contributed by atoms with Gasteiger partial charge in [-0.3, -0.25) is 4.90 Å². The van der Waals surface area contributed by atoms with Crippen molar-refractivity contribution in [1.82, 2.24) is 19.6 Å². The lowest BCUT2D eigenvalue weighted by Gasteiger charge is -2.39. The van der Waals surface area contributed by atoms with Gasteiger partial charge in [-0.05, 0) is 48.9 Å². The Balaban J connectivity index is 1.02. The highest BCUT2D eigenvalue weighted by Gasteiger charge is 2.42. The van der Waals surface area contributed by atoms with Crippen molar-refractivity contribution in [2.75, 3.05) is 68.4 Å². The van der Waals surface area contributed by atoms with Gasteiger partial charge >= 0.3 is 6.03 Å². The SMILES string of the molecule is CSNc1ccn(C(=O)N2CCC3(CCN(Cc4ccc(N5CC6COCC6C5)c(Cl)c4)C3)CC2)n1. The molecule has 6 rings (SSSR count). The number of benzene rings is 1. The zero-order chi connectivity index (χ0) is 24.7. The average Bonchev–Trinajstić information content (AvgIpc) is 3.65. The number of carbonyl (C=O) groups excluding carboxylic acids is 1. The minimum atomic E-state index is -0.0299. The monoisotopic (exact) mass is 530 g/mol. The number of rotatable bonds is 5. The number of ether oxygens (including phenoxy) is 1. The average molecular weight is 531 g/mol. The number of hydrogen-bond acceptors (Lipinski definition) is 7. The number of nitrogens with zero attached hydrogens (tertiary/aromatic N) is 5. The molecule has 0 aliphatic carbocycles. The maximum absolute atomic E-state index is 12.9. The first-order valence-electron chi connectivity index (χ1n) is 13.0. The van der Waals surface area contributed by atoms with E-state index in [2.05, 4.69) is 37.8 Å². The van der Waals surface area contributed by atoms with E-state index in [0.717, 1.165) is 76.9 Å². The number of fused-ring (bicyclic) bond motifs is 1. The number of piperidine rings is 1. The van der Waals surface area contributed by atoms with Crippen LogP contribution in [0.1, 0.15) is 24.8 Å². The maximum atomic E-state index is 12.9. The number of hydrogen-bond donors (Lipinski definition) is 1. The highest BCUT2D eigenvalue weighted by Crippen LogP contribution is 2.41. The standard InChI is InChI=1S/C26H35ClN6O2S/c1-36-29-24-4-8-33(28-24)25(34)31-10-6-26(7-11-31)5-9-30(18-26)13-19-2-3-23(22(27)12-19)32-14-20-16-35-17-21(20)15-32/h2-4,8,12,20-21H,5-7,9-11,13-18H2,1H3,(H,28,29). The van der Waals surface area contributed by atoms with Crippen LogP contribution in [0.3, 0.4) is 0 Å². The summed E-state index contributed by atoms with van der Waals surface area (Å²) in [7, 11) is 0. The number of likely N-dealkylation sites (tertiary alicyclic amines) is 2. The van der Waals surface area contributed by atoms with E-state index in [9.17, 15) is 4.79 Å². The minimum Gasteiger partial charge on any atom is -0.381 e. The summed E-state index contributed by atoms with van der Waals surface area (Å²) in [5.74, 6) is 2.01. The molecule has 10 heteroatoms. The van der Waals surface area contributed by atoms with Crippen molar-refractivity contribution in [2.45, 2.75) is 25.8 Å². The lowest BCUT2D eigenvalue weighted by Crippen LogP contribution is -2.45. The van der Waals surface area contributed by atoms with Crippen LogP contribution in [-0.4, -0.2) is 84.3 Å². The number of anilines is 2. The van der Waals surface area contributed by atoms with Crippen molar-refractivity contribution in [2.24, 2.45) is 17.3 Å². The third-order valence-electron chi connectivity index (χ3n) is 8.60. The zero-order valence-electron chi connectivity index (χ0n) is 20.9. The Morgan fingerprint density at radius 3 is 2.64 bits per heavy atom. The molecule has 1 N–H and O–H groups in total. The van der Waals surface area contributed by atoms with Crippen molar-refractivity contribution in [3.05, 3.63) is 41.0 Å². The van der Waals surface area contributed by atoms with Gasteiger partial charge in [-0.2, -0.15) is 4.68 Å². The van der Waals surface area contributed by atoms with Gasteiger partial charge < -0.3 is 19.3 Å². The van der Waals surface area contributed by atoms with E-state index >= 15 is 0 Å². The second-order valence-corrected chi connectivity index (χ2v) is 11.9. The lowest BCUT2D eigenvalue weighted by molar-refractivity contribution is 0.118. The van der Waals surface area contributed by atoms with E-state index in [1.807, 2.05) is 17.2 Å². The van der Waals surface area contributed by atoms with E-state index in [-0.39, 0.29) is 6.03 Å². The van der Waals surface area contributed by atoms with Crippen LogP contribution in [0, 0.1) is 17.3 Å². The largest absolute Gasteiger partial charge is 0.381 e. The lowest BCUT2D eigenvalue weighted by atomic mass is 9.78. The van der Waals surface area contributed by atoms with Crippen LogP contribution in [0.4, 0.5) is 16.3 Å². The van der Waals surface area contributed by atoms with Gasteiger partial charge in [-0.15, -0.1) is 5.10 Å². The molecule has 4 saturated heterocycles. The predicted octanol–water partition coefficient (Wildman–Crippen LogP) is 4.27. The van der Waals surface area contributed by atoms with Crippen LogP contribution in [0.25, 0.3) is 0 Å². The fourth-order valence-electron chi connectivity index (χ4n) is 6.52. The molecular weight excluding hydrogens is 496 g/mol. The second kappa shape index (κ2) is 10.1. The summed E-state index contributed by atoms with van der Waals surface area (Å²) in [6, 6.07) is 8.43. The molecule has 1 aromatic heterocycles. The first-order valence-corrected chi connectivity index (χ1v) is 14.6. The molecule has 2 atom stereocenters. The van der Waals surface area contributed by atoms with Crippen LogP contribution in [0.2, 0.25) is 5.02 Å². The van der Waals surface area contributed by atoms with E-state index in [0.29, 0.717) is 23.1 Å². The Morgan fingerprint density at radius 1 is 1.17 bits per heavy atom. The third-order valence-corrected chi connectivity index (χ3v) is 9.32. The van der Waals surface area contributed by atoms with Crippen LogP contribution in [0.5, 0.6) is 0 Å². The number of carbonyl (C=O) groups is 1. The fourth-order valence-corrected chi connectivity index (χ4v) is 7.17. The Labute approximate surface area is 222 Å². The highest BCUT2D eigenvalue weighted by molar-refractivity contribution is 7.99. The fraction of sp³-hybridized carbons (Fsp3) is 0.615. The van der Waals surface area contributed by atoms with Crippen LogP contribution < -0.4 is 9.62 Å². The number of halogens is 1. The molecule has 0 radical (unpaired) electrons. The number of aromatic nitrogens is 2. The minimum absolute atomic E-state index is 0.0299. The molecule has 1 aromatic carbocycles. The molecule has 8 nitrogen and oxygen atoms in total. The van der Waals surface area contributed by atoms with Crippen LogP contribution >= 0.6 is 23.5 Å². The number of amides is 1. The third kappa shape index (κ3) is 4.83. The summed E-state index contributed by atoms with van der Waals surface area (Å²) in [5, 5.41) is 5.21. The summed E-state index contributed by atoms with van der Waals surface area (Å²) in [6.45, 7) is 8.59. The highest BCUT2D eigenvalue weighted by atomic mass is 35.5. The van der Waals surface area contributed by atoms with Crippen LogP contribution in [0.15, 0.2) is 30.5 Å². The molecular formula is C26H35ClN6O2S. The molecule has 36 heavy (non-hydrogen) atoms. The molecule has 1 amide bonds. The van der Waals surface area contributed by atoms with Crippen LogP contribution in [-0.2, 0) is 11.3 Å². The summed E-state index contributed by atoms with van der Waals surface area (Å²) in [6.07, 6.45) is 6.97. The molecule has 1 spiro atoms. The molecule has 0 bridgehead atoms. The van der Waals surface area contributed by atoms with Crippen molar-refractivity contribution in [1.29, 1.82) is 0 Å². The van der Waals surface area contributed by atoms with E-state index in [4.69, 9.17) is 16.3 Å². The molecule has 4 aliphatic rings. The van der Waals surface area contributed by atoms with Gasteiger partial charge in [-0.1, -0.05) is 29.6 Å². The number of nitrogens with one attached hydrogen (secondary N) is 1. The van der Waals surface area contributed by atoms with Gasteiger partial charge in [0.05, 0.1) is 23.9 Å². The van der Waals surface area contributed by atoms with Gasteiger partial charge in [0, 0.05) is 69.6 Å². The normalized spacial score (nSPS) is 25.6. The van der Waals surface area contributed by atoms with Gasteiger partial charge in [0.15, 0.2) is 5.82 Å². The summed E-state index contributed by atoms with van der Waals surface area (Å²) < 4.78 is 10.1. The van der Waals surface area contributed by atoms with Gasteiger partial charge in [0.1, 0.15) is 0 Å². The molecule has 5 heterocycles. The van der Waals surface area contributed by atoms with Crippen molar-refractivity contribution < 1.29 is 9.53 Å². The Hall–Kier alpha value is -1.94.